The third kappa shape index (κ3) is 5.58. The van der Waals surface area contributed by atoms with Crippen molar-refractivity contribution in [2.45, 2.75) is 6.29 Å². The first-order valence-corrected chi connectivity index (χ1v) is 16.3. The summed E-state index contributed by atoms with van der Waals surface area (Å²) in [5.41, 5.74) is 0.381. The van der Waals surface area contributed by atoms with Crippen LogP contribution in [0.15, 0.2) is 104 Å². The second-order valence-corrected chi connectivity index (χ2v) is 12.3. The van der Waals surface area contributed by atoms with Crippen LogP contribution in [0.4, 0.5) is 8.78 Å². The summed E-state index contributed by atoms with van der Waals surface area (Å²) < 4.78 is 49.6. The maximum absolute atomic E-state index is 13.4. The Morgan fingerprint density at radius 1 is 0.607 bits per heavy atom. The Kier molecular flexibility index (Phi) is 7.38. The molecule has 0 spiro atoms. The van der Waals surface area contributed by atoms with Crippen LogP contribution in [0.3, 0.4) is 0 Å². The highest BCUT2D eigenvalue weighted by molar-refractivity contribution is 5.89. The number of alkyl halides is 2. The largest absolute Gasteiger partial charge is 0.586 e. The SMILES string of the molecule is N#Cc1ccc2cc3c(=O)[nH]c(=O)nc-3n(-c3ccc4c(c3)OC(F)(F)O4)c2c1.N#Cc1ccc2cc3c(=O)[nH]c(=O)nc-3n(-c3ccc4c(c3)OCO4)c2c1. The van der Waals surface area contributed by atoms with Crippen molar-refractivity contribution in [2.24, 2.45) is 0 Å². The predicted molar refractivity (Wildman–Crippen MR) is 191 cm³/mol. The molecule has 0 amide bonds. The van der Waals surface area contributed by atoms with Gasteiger partial charge >= 0.3 is 17.7 Å². The first kappa shape index (κ1) is 33.5. The maximum Gasteiger partial charge on any atom is 0.586 e. The van der Waals surface area contributed by atoms with Gasteiger partial charge in [-0.1, -0.05) is 12.1 Å². The topological polar surface area (TPSA) is 220 Å². The highest BCUT2D eigenvalue weighted by atomic mass is 19.3. The van der Waals surface area contributed by atoms with E-state index >= 15 is 0 Å². The summed E-state index contributed by atoms with van der Waals surface area (Å²) in [6, 6.07) is 26.4. The first-order valence-electron chi connectivity index (χ1n) is 16.3. The van der Waals surface area contributed by atoms with Gasteiger partial charge in [-0.25, -0.2) is 9.59 Å². The zero-order chi connectivity index (χ0) is 38.9. The number of hydrogen-bond acceptors (Lipinski definition) is 12. The van der Waals surface area contributed by atoms with Gasteiger partial charge in [-0.15, -0.1) is 8.78 Å². The Morgan fingerprint density at radius 2 is 1.09 bits per heavy atom. The number of hydrogen-bond donors (Lipinski definition) is 2. The number of fused-ring (bicyclic) bond motifs is 6. The van der Waals surface area contributed by atoms with E-state index in [0.29, 0.717) is 44.7 Å². The van der Waals surface area contributed by atoms with Crippen molar-refractivity contribution in [3.63, 3.8) is 0 Å². The monoisotopic (exact) mass is 752 g/mol. The summed E-state index contributed by atoms with van der Waals surface area (Å²) in [5, 5.41) is 19.8. The number of aromatic amines is 2. The minimum absolute atomic E-state index is 0.00645. The number of H-pyrrole nitrogens is 2. The molecular formula is C38H18F2N8O8. The molecule has 272 valence electrons. The van der Waals surface area contributed by atoms with Crippen LogP contribution in [-0.4, -0.2) is 42.2 Å². The van der Waals surface area contributed by atoms with Crippen molar-refractivity contribution >= 4 is 21.8 Å². The second-order valence-electron chi connectivity index (χ2n) is 12.3. The molecule has 18 heteroatoms. The van der Waals surface area contributed by atoms with Crippen LogP contribution in [0, 0.1) is 22.7 Å². The molecule has 0 bridgehead atoms. The van der Waals surface area contributed by atoms with E-state index in [1.807, 2.05) is 6.07 Å². The molecule has 4 aromatic carbocycles. The van der Waals surface area contributed by atoms with Crippen LogP contribution >= 0.6 is 0 Å². The highest BCUT2D eigenvalue weighted by Gasteiger charge is 2.43. The minimum atomic E-state index is -3.79. The third-order valence-electron chi connectivity index (χ3n) is 8.91. The minimum Gasteiger partial charge on any atom is -0.454 e. The lowest BCUT2D eigenvalue weighted by Gasteiger charge is -2.18. The molecule has 2 N–H and O–H groups in total. The Labute approximate surface area is 308 Å². The van der Waals surface area contributed by atoms with Gasteiger partial charge < -0.3 is 18.9 Å². The van der Waals surface area contributed by atoms with Gasteiger partial charge in [-0.05, 0) is 71.4 Å². The molecule has 6 aliphatic heterocycles. The first-order chi connectivity index (χ1) is 27.0. The summed E-state index contributed by atoms with van der Waals surface area (Å²) in [7, 11) is 0. The molecule has 0 aliphatic carbocycles. The normalized spacial score (nSPS) is 13.4. The van der Waals surface area contributed by atoms with Crippen LogP contribution in [-0.2, 0) is 0 Å². The molecule has 0 atom stereocenters. The van der Waals surface area contributed by atoms with Gasteiger partial charge in [-0.2, -0.15) is 20.5 Å². The van der Waals surface area contributed by atoms with Crippen LogP contribution < -0.4 is 41.4 Å². The van der Waals surface area contributed by atoms with Gasteiger partial charge in [0.25, 0.3) is 11.1 Å². The Hall–Kier alpha value is -8.38. The lowest BCUT2D eigenvalue weighted by molar-refractivity contribution is -0.286. The van der Waals surface area contributed by atoms with Crippen LogP contribution in [0.5, 0.6) is 23.0 Å². The molecule has 0 fully saturated rings. The number of nitrogens with one attached hydrogen (secondary N) is 2. The van der Waals surface area contributed by atoms with Crippen LogP contribution in [0.25, 0.3) is 56.0 Å². The average Bonchev–Trinajstić information content (AvgIpc) is 3.78. The molecule has 6 aliphatic rings. The van der Waals surface area contributed by atoms with Crippen molar-refractivity contribution in [3.05, 3.63) is 138 Å². The van der Waals surface area contributed by atoms with E-state index in [9.17, 15) is 38.5 Å². The fourth-order valence-electron chi connectivity index (χ4n) is 6.52. The number of ether oxygens (including phenoxy) is 4. The number of rotatable bonds is 2. The van der Waals surface area contributed by atoms with E-state index in [1.165, 1.54) is 28.8 Å². The quantitative estimate of drug-likeness (QED) is 0.238. The number of nitrogens with zero attached hydrogens (tertiary/aromatic N) is 6. The Bertz CT molecular complexity index is 3250. The second kappa shape index (κ2) is 12.4. The molecule has 0 radical (unpaired) electrons. The maximum atomic E-state index is 13.4. The number of halogens is 2. The Morgan fingerprint density at radius 3 is 1.62 bits per heavy atom. The summed E-state index contributed by atoms with van der Waals surface area (Å²) >= 11 is 0. The zero-order valence-corrected chi connectivity index (χ0v) is 28.0. The fourth-order valence-corrected chi connectivity index (χ4v) is 6.52. The van der Waals surface area contributed by atoms with E-state index in [1.54, 1.807) is 65.2 Å². The lowest BCUT2D eigenvalue weighted by atomic mass is 10.1. The molecule has 4 aromatic rings. The van der Waals surface area contributed by atoms with Crippen molar-refractivity contribution in [2.75, 3.05) is 6.79 Å². The molecular weight excluding hydrogens is 734 g/mol. The summed E-state index contributed by atoms with van der Waals surface area (Å²) in [4.78, 5) is 60.5. The molecule has 16 nitrogen and oxygen atoms in total. The van der Waals surface area contributed by atoms with Crippen molar-refractivity contribution in [3.8, 4) is 69.3 Å². The molecule has 6 heterocycles. The highest BCUT2D eigenvalue weighted by Crippen LogP contribution is 2.43. The van der Waals surface area contributed by atoms with Crippen molar-refractivity contribution < 1.29 is 27.7 Å². The number of nitriles is 2. The standard InChI is InChI=1S/C19H8F2N4O4.C19H10N4O4/c20-19(21)28-14-4-3-11(7-15(14)29-19)25-13-5-9(8-22)1-2-10(13)6-12-16(25)23-18(27)24-17(12)26;20-8-10-1-2-11-6-13-17(21-19(25)22-18(13)24)23(14(11)5-10)12-3-4-15-16(7-12)27-9-26-15/h1-7H,(H,24,26,27);1-7H,9H2,(H,22,24,25). The van der Waals surface area contributed by atoms with Gasteiger partial charge in [0.15, 0.2) is 34.6 Å². The van der Waals surface area contributed by atoms with E-state index in [4.69, 9.17) is 9.47 Å². The van der Waals surface area contributed by atoms with E-state index in [-0.39, 0.29) is 46.8 Å². The van der Waals surface area contributed by atoms with Gasteiger partial charge in [0, 0.05) is 12.1 Å². The van der Waals surface area contributed by atoms with E-state index < -0.39 is 28.8 Å². The predicted octanol–water partition coefficient (Wildman–Crippen LogP) is 4.15. The van der Waals surface area contributed by atoms with E-state index in [2.05, 4.69) is 35.5 Å². The fraction of sp³-hybridized carbons (Fsp3) is 0.0526. The number of pyridine rings is 2. The average molecular weight is 753 g/mol. The van der Waals surface area contributed by atoms with Gasteiger partial charge in [-0.3, -0.25) is 28.7 Å². The summed E-state index contributed by atoms with van der Waals surface area (Å²) in [6.45, 7) is 0.126. The molecule has 0 saturated heterocycles. The van der Waals surface area contributed by atoms with Crippen molar-refractivity contribution in [1.82, 2.24) is 29.1 Å². The molecule has 0 aromatic heterocycles. The summed E-state index contributed by atoms with van der Waals surface area (Å²) in [6.07, 6.45) is -3.79. The smallest absolute Gasteiger partial charge is 0.454 e. The van der Waals surface area contributed by atoms with Crippen molar-refractivity contribution in [1.29, 1.82) is 10.5 Å². The number of aromatic nitrogens is 6. The van der Waals surface area contributed by atoms with Crippen LogP contribution in [0.1, 0.15) is 11.1 Å². The summed E-state index contributed by atoms with van der Waals surface area (Å²) in [5.74, 6) is 0.994. The van der Waals surface area contributed by atoms with E-state index in [0.717, 1.165) is 5.39 Å². The zero-order valence-electron chi connectivity index (χ0n) is 28.0. The molecule has 56 heavy (non-hydrogen) atoms. The third-order valence-corrected chi connectivity index (χ3v) is 8.91. The Balaban J connectivity index is 0.000000147. The van der Waals surface area contributed by atoms with Gasteiger partial charge in [0.2, 0.25) is 6.79 Å². The van der Waals surface area contributed by atoms with Gasteiger partial charge in [0.05, 0.1) is 56.8 Å². The van der Waals surface area contributed by atoms with Crippen LogP contribution in [0.2, 0.25) is 0 Å². The molecule has 0 unspecified atom stereocenters. The molecule has 0 saturated carbocycles. The van der Waals surface area contributed by atoms with Gasteiger partial charge in [0.1, 0.15) is 0 Å². The molecule has 10 rings (SSSR count). The number of benzene rings is 4. The lowest BCUT2D eigenvalue weighted by Crippen LogP contribution is -2.27.